The summed E-state index contributed by atoms with van der Waals surface area (Å²) >= 11 is 0. The van der Waals surface area contributed by atoms with E-state index in [1.165, 1.54) is 13.3 Å². The monoisotopic (exact) mass is 334 g/mol. The van der Waals surface area contributed by atoms with E-state index < -0.39 is 19.0 Å². The van der Waals surface area contributed by atoms with E-state index in [-0.39, 0.29) is 25.2 Å². The molecule has 0 fully saturated rings. The Morgan fingerprint density at radius 2 is 1.73 bits per heavy atom. The highest BCUT2D eigenvalue weighted by Gasteiger charge is 2.17. The number of amides is 2. The van der Waals surface area contributed by atoms with Crippen molar-refractivity contribution in [1.29, 1.82) is 0 Å². The van der Waals surface area contributed by atoms with E-state index in [0.717, 1.165) is 0 Å². The Morgan fingerprint density at radius 1 is 1.27 bits per heavy atom. The summed E-state index contributed by atoms with van der Waals surface area (Å²) in [6.45, 7) is 12.3. The summed E-state index contributed by atoms with van der Waals surface area (Å²) in [6.07, 6.45) is 4.99. The van der Waals surface area contributed by atoms with Crippen LogP contribution in [-0.4, -0.2) is 54.7 Å². The molecule has 0 heterocycles. The lowest BCUT2D eigenvalue weighted by Gasteiger charge is -2.17. The molecule has 0 aromatic rings. The van der Waals surface area contributed by atoms with Crippen LogP contribution in [0, 0.1) is 18.3 Å². The van der Waals surface area contributed by atoms with Gasteiger partial charge in [-0.05, 0) is 20.3 Å². The number of nitrogens with one attached hydrogen (secondary N) is 1. The fourth-order valence-electron chi connectivity index (χ4n) is 1.08. The van der Waals surface area contributed by atoms with Crippen LogP contribution in [-0.2, 0) is 14.2 Å². The first kappa shape index (κ1) is 25.6. The Morgan fingerprint density at radius 3 is 2.09 bits per heavy atom. The third kappa shape index (κ3) is 16.7. The summed E-state index contributed by atoms with van der Waals surface area (Å²) in [5, 5.41) is 12.1. The van der Waals surface area contributed by atoms with Crippen LogP contribution in [0.25, 0.3) is 0 Å². The highest BCUT2D eigenvalue weighted by atomic mass is 31.2. The summed E-state index contributed by atoms with van der Waals surface area (Å²) in [5.41, 5.74) is 0. The lowest BCUT2D eigenvalue weighted by atomic mass is 10.2. The minimum atomic E-state index is -2.46. The standard InChI is InChI=1S/C11H19N2O4P.2C2H6/c1-5-9(2)7-13(16)11(15)6-12-10(14)8-18(3,4)17;2*1-2/h1,9,16H,6-8H2,2-4H3,(H,12,14);2*1-2H3. The molecule has 0 aromatic carbocycles. The fourth-order valence-corrected chi connectivity index (χ4v) is 1.88. The van der Waals surface area contributed by atoms with Crippen LogP contribution in [0.1, 0.15) is 34.6 Å². The zero-order valence-corrected chi connectivity index (χ0v) is 15.7. The lowest BCUT2D eigenvalue weighted by molar-refractivity contribution is -0.165. The van der Waals surface area contributed by atoms with Crippen LogP contribution in [0.2, 0.25) is 0 Å². The quantitative estimate of drug-likeness (QED) is 0.338. The van der Waals surface area contributed by atoms with Crippen LogP contribution in [0.3, 0.4) is 0 Å². The van der Waals surface area contributed by atoms with Gasteiger partial charge in [-0.15, -0.1) is 12.3 Å². The van der Waals surface area contributed by atoms with Gasteiger partial charge in [-0.1, -0.05) is 27.7 Å². The Kier molecular flexibility index (Phi) is 17.0. The molecule has 0 aromatic heterocycles. The first-order chi connectivity index (χ1) is 10.2. The van der Waals surface area contributed by atoms with E-state index in [4.69, 9.17) is 6.42 Å². The minimum absolute atomic E-state index is 0.00521. The van der Waals surface area contributed by atoms with Crippen molar-refractivity contribution >= 4 is 19.0 Å². The Hall–Kier alpha value is -1.31. The molecule has 7 heteroatoms. The van der Waals surface area contributed by atoms with Crippen molar-refractivity contribution in [2.24, 2.45) is 5.92 Å². The molecule has 130 valence electrons. The van der Waals surface area contributed by atoms with Crippen LogP contribution in [0.5, 0.6) is 0 Å². The molecule has 0 saturated heterocycles. The van der Waals surface area contributed by atoms with Gasteiger partial charge in [0.05, 0.1) is 26.4 Å². The predicted octanol–water partition coefficient (Wildman–Crippen LogP) is 2.26. The van der Waals surface area contributed by atoms with Crippen molar-refractivity contribution in [3.8, 4) is 12.3 Å². The Balaban J connectivity index is -0.000000826. The van der Waals surface area contributed by atoms with Gasteiger partial charge >= 0.3 is 0 Å². The maximum absolute atomic E-state index is 11.4. The van der Waals surface area contributed by atoms with Gasteiger partial charge in [0, 0.05) is 5.92 Å². The van der Waals surface area contributed by atoms with Gasteiger partial charge in [0.15, 0.2) is 0 Å². The first-order valence-corrected chi connectivity index (χ1v) is 10.2. The van der Waals surface area contributed by atoms with Gasteiger partial charge < -0.3 is 9.88 Å². The molecule has 2 N–H and O–H groups in total. The Labute approximate surface area is 135 Å². The molecular formula is C15H31N2O4P. The molecule has 1 unspecified atom stereocenters. The molecule has 0 aliphatic rings. The van der Waals surface area contributed by atoms with Gasteiger partial charge in [0.25, 0.3) is 5.91 Å². The van der Waals surface area contributed by atoms with E-state index in [2.05, 4.69) is 11.2 Å². The zero-order chi connectivity index (χ0) is 18.3. The number of hydrogen-bond acceptors (Lipinski definition) is 4. The number of carbonyl (C=O) groups is 2. The molecule has 22 heavy (non-hydrogen) atoms. The number of hydroxylamine groups is 2. The number of hydrogen-bond donors (Lipinski definition) is 2. The summed E-state index contributed by atoms with van der Waals surface area (Å²) in [4.78, 5) is 22.7. The van der Waals surface area contributed by atoms with E-state index in [1.807, 2.05) is 27.7 Å². The second-order valence-corrected chi connectivity index (χ2v) is 8.02. The van der Waals surface area contributed by atoms with Crippen LogP contribution in [0.15, 0.2) is 0 Å². The average Bonchev–Trinajstić information content (AvgIpc) is 2.46. The van der Waals surface area contributed by atoms with Crippen molar-refractivity contribution in [3.05, 3.63) is 0 Å². The zero-order valence-electron chi connectivity index (χ0n) is 14.8. The lowest BCUT2D eigenvalue weighted by Crippen LogP contribution is -2.40. The molecule has 0 rings (SSSR count). The minimum Gasteiger partial charge on any atom is -0.347 e. The average molecular weight is 334 g/mol. The Bertz CT molecular complexity index is 399. The third-order valence-electron chi connectivity index (χ3n) is 1.98. The van der Waals surface area contributed by atoms with Gasteiger partial charge in [0.2, 0.25) is 5.91 Å². The van der Waals surface area contributed by atoms with Gasteiger partial charge in [-0.25, -0.2) is 5.06 Å². The first-order valence-electron chi connectivity index (χ1n) is 7.41. The molecule has 0 radical (unpaired) electrons. The van der Waals surface area contributed by atoms with E-state index in [9.17, 15) is 19.4 Å². The second kappa shape index (κ2) is 14.6. The molecule has 1 atom stereocenters. The fraction of sp³-hybridized carbons (Fsp3) is 0.733. The smallest absolute Gasteiger partial charge is 0.265 e. The van der Waals surface area contributed by atoms with E-state index in [0.29, 0.717) is 5.06 Å². The molecule has 0 aliphatic heterocycles. The van der Waals surface area contributed by atoms with Crippen molar-refractivity contribution in [1.82, 2.24) is 10.4 Å². The molecular weight excluding hydrogens is 303 g/mol. The molecule has 0 aliphatic carbocycles. The summed E-state index contributed by atoms with van der Waals surface area (Å²) in [6, 6.07) is 0. The van der Waals surface area contributed by atoms with Gasteiger partial charge in [-0.3, -0.25) is 14.8 Å². The molecule has 6 nitrogen and oxygen atoms in total. The maximum Gasteiger partial charge on any atom is 0.265 e. The molecule has 2 amide bonds. The van der Waals surface area contributed by atoms with Crippen LogP contribution in [0.4, 0.5) is 0 Å². The summed E-state index contributed by atoms with van der Waals surface area (Å²) in [7, 11) is -2.46. The van der Waals surface area contributed by atoms with Crippen molar-refractivity contribution in [3.63, 3.8) is 0 Å². The molecule has 0 saturated carbocycles. The van der Waals surface area contributed by atoms with Gasteiger partial charge in [0.1, 0.15) is 0 Å². The van der Waals surface area contributed by atoms with Crippen molar-refractivity contribution in [2.45, 2.75) is 34.6 Å². The number of carbonyl (C=O) groups excluding carboxylic acids is 2. The van der Waals surface area contributed by atoms with Crippen LogP contribution < -0.4 is 5.32 Å². The largest absolute Gasteiger partial charge is 0.347 e. The summed E-state index contributed by atoms with van der Waals surface area (Å²) in [5.74, 6) is 0.955. The molecule has 0 bridgehead atoms. The SMILES string of the molecule is C#CC(C)CN(O)C(=O)CNC(=O)CP(C)(C)=O.CC.CC. The highest BCUT2D eigenvalue weighted by Crippen LogP contribution is 2.34. The number of rotatable bonds is 6. The van der Waals surface area contributed by atoms with E-state index >= 15 is 0 Å². The predicted molar refractivity (Wildman–Crippen MR) is 91.5 cm³/mol. The maximum atomic E-state index is 11.4. The molecule has 0 spiro atoms. The topological polar surface area (TPSA) is 86.7 Å². The van der Waals surface area contributed by atoms with Crippen LogP contribution >= 0.6 is 7.14 Å². The normalized spacial score (nSPS) is 10.7. The number of terminal acetylenes is 1. The third-order valence-corrected chi connectivity index (χ3v) is 3.03. The second-order valence-electron chi connectivity index (χ2n) is 4.55. The van der Waals surface area contributed by atoms with Gasteiger partial charge in [-0.2, -0.15) is 0 Å². The highest BCUT2D eigenvalue weighted by molar-refractivity contribution is 7.63. The number of nitrogens with zero attached hydrogens (tertiary/aromatic N) is 1. The van der Waals surface area contributed by atoms with E-state index in [1.54, 1.807) is 6.92 Å². The summed E-state index contributed by atoms with van der Waals surface area (Å²) < 4.78 is 11.4. The van der Waals surface area contributed by atoms with Crippen molar-refractivity contribution < 1.29 is 19.4 Å². The van der Waals surface area contributed by atoms with Crippen molar-refractivity contribution in [2.75, 3.05) is 32.6 Å².